The number of carbonyl (C=O) groups excluding carboxylic acids is 1. The van der Waals surface area contributed by atoms with Crippen LogP contribution in [-0.2, 0) is 4.74 Å². The van der Waals surface area contributed by atoms with Crippen molar-refractivity contribution in [2.24, 2.45) is 5.41 Å². The van der Waals surface area contributed by atoms with E-state index in [1.807, 2.05) is 43.3 Å². The number of carbonyl (C=O) groups is 1. The first-order valence-electron chi connectivity index (χ1n) is 9.97. The third-order valence-corrected chi connectivity index (χ3v) is 5.90. The summed E-state index contributed by atoms with van der Waals surface area (Å²) in [6.45, 7) is 10.2. The van der Waals surface area contributed by atoms with Crippen molar-refractivity contribution < 1.29 is 9.53 Å². The molecule has 0 radical (unpaired) electrons. The number of methoxy groups -OCH3 is 1. The summed E-state index contributed by atoms with van der Waals surface area (Å²) in [7, 11) is 1.41. The molecule has 152 valence electrons. The quantitative estimate of drug-likeness (QED) is 0.767. The van der Waals surface area contributed by atoms with Crippen molar-refractivity contribution in [3.63, 3.8) is 0 Å². The van der Waals surface area contributed by atoms with Crippen LogP contribution in [0, 0.1) is 30.6 Å². The number of benzene rings is 2. The number of hydrogen-bond acceptors (Lipinski definition) is 5. The van der Waals surface area contributed by atoms with Crippen LogP contribution in [0.25, 0.3) is 0 Å². The summed E-state index contributed by atoms with van der Waals surface area (Å²) >= 11 is 0. The molecule has 1 heterocycles. The number of para-hydroxylation sites is 1. The molecule has 0 amide bonds. The smallest absolute Gasteiger partial charge is 0.338 e. The molecule has 5 nitrogen and oxygen atoms in total. The zero-order valence-corrected chi connectivity index (χ0v) is 17.9. The van der Waals surface area contributed by atoms with Gasteiger partial charge in [0.1, 0.15) is 6.07 Å². The molecule has 2 aromatic rings. The number of ether oxygens (including phenoxy) is 1. The minimum absolute atomic E-state index is 0.0242. The van der Waals surface area contributed by atoms with Gasteiger partial charge in [0.25, 0.3) is 0 Å². The van der Waals surface area contributed by atoms with E-state index in [9.17, 15) is 10.1 Å². The van der Waals surface area contributed by atoms with Gasteiger partial charge in [0.05, 0.1) is 23.9 Å². The number of hydrogen-bond donors (Lipinski definition) is 1. The van der Waals surface area contributed by atoms with Gasteiger partial charge in [-0.25, -0.2) is 4.79 Å². The second-order valence-electron chi connectivity index (χ2n) is 8.50. The van der Waals surface area contributed by atoms with Crippen LogP contribution >= 0.6 is 0 Å². The molecule has 5 heteroatoms. The van der Waals surface area contributed by atoms with Crippen LogP contribution in [0.4, 0.5) is 11.4 Å². The van der Waals surface area contributed by atoms with E-state index in [4.69, 9.17) is 4.74 Å². The van der Waals surface area contributed by atoms with Gasteiger partial charge in [0, 0.05) is 30.2 Å². The van der Waals surface area contributed by atoms with Crippen LogP contribution in [-0.4, -0.2) is 32.2 Å². The van der Waals surface area contributed by atoms with Crippen LogP contribution in [0.15, 0.2) is 36.4 Å². The fourth-order valence-electron chi connectivity index (χ4n) is 4.20. The Kier molecular flexibility index (Phi) is 5.83. The molecule has 29 heavy (non-hydrogen) atoms. The summed E-state index contributed by atoms with van der Waals surface area (Å²) in [5.74, 6) is -0.312. The van der Waals surface area contributed by atoms with Crippen LogP contribution in [0.1, 0.15) is 47.3 Å². The Balaban J connectivity index is 1.82. The lowest BCUT2D eigenvalue weighted by Gasteiger charge is -2.46. The number of anilines is 2. The minimum atomic E-state index is -0.312. The average molecular weight is 392 g/mol. The van der Waals surface area contributed by atoms with E-state index in [1.165, 1.54) is 7.11 Å². The van der Waals surface area contributed by atoms with Gasteiger partial charge in [0.15, 0.2) is 0 Å². The molecule has 0 aliphatic carbocycles. The molecular formula is C24H29N3O2. The molecule has 0 spiro atoms. The Labute approximate surface area is 173 Å². The Bertz CT molecular complexity index is 959. The number of aryl methyl sites for hydroxylation is 2. The number of esters is 1. The molecule has 1 aliphatic heterocycles. The Hall–Kier alpha value is -3.00. The molecule has 1 N–H and O–H groups in total. The van der Waals surface area contributed by atoms with Gasteiger partial charge in [-0.15, -0.1) is 0 Å². The predicted molar refractivity (Wildman–Crippen MR) is 116 cm³/mol. The molecule has 1 fully saturated rings. The van der Waals surface area contributed by atoms with Gasteiger partial charge >= 0.3 is 5.97 Å². The van der Waals surface area contributed by atoms with Crippen molar-refractivity contribution in [1.82, 2.24) is 0 Å². The number of nitrogens with one attached hydrogen (secondary N) is 1. The Morgan fingerprint density at radius 1 is 1.24 bits per heavy atom. The highest BCUT2D eigenvalue weighted by Gasteiger charge is 2.36. The van der Waals surface area contributed by atoms with Crippen LogP contribution in [0.3, 0.4) is 0 Å². The molecule has 1 unspecified atom stereocenters. The molecule has 2 aromatic carbocycles. The number of rotatable bonds is 4. The molecule has 0 aromatic heterocycles. The van der Waals surface area contributed by atoms with Gasteiger partial charge in [-0.1, -0.05) is 32.0 Å². The third-order valence-electron chi connectivity index (χ3n) is 5.90. The largest absolute Gasteiger partial charge is 0.465 e. The van der Waals surface area contributed by atoms with Crippen LogP contribution in [0.5, 0.6) is 0 Å². The van der Waals surface area contributed by atoms with Crippen molar-refractivity contribution in [3.05, 3.63) is 58.7 Å². The Morgan fingerprint density at radius 3 is 2.62 bits per heavy atom. The number of nitriles is 1. The maximum Gasteiger partial charge on any atom is 0.338 e. The summed E-state index contributed by atoms with van der Waals surface area (Å²) in [6.07, 6.45) is 0.938. The number of piperidine rings is 1. The molecule has 1 saturated heterocycles. The summed E-state index contributed by atoms with van der Waals surface area (Å²) in [5.41, 5.74) is 5.29. The highest BCUT2D eigenvalue weighted by molar-refractivity contribution is 5.92. The predicted octanol–water partition coefficient (Wildman–Crippen LogP) is 4.68. The molecular weight excluding hydrogens is 362 g/mol. The first kappa shape index (κ1) is 20.7. The van der Waals surface area contributed by atoms with Crippen molar-refractivity contribution in [2.75, 3.05) is 30.4 Å². The molecule has 1 aliphatic rings. The monoisotopic (exact) mass is 391 g/mol. The summed E-state index contributed by atoms with van der Waals surface area (Å²) in [4.78, 5) is 14.4. The van der Waals surface area contributed by atoms with Gasteiger partial charge < -0.3 is 15.0 Å². The second kappa shape index (κ2) is 8.16. The van der Waals surface area contributed by atoms with Crippen molar-refractivity contribution >= 4 is 17.3 Å². The maximum absolute atomic E-state index is 12.1. The van der Waals surface area contributed by atoms with Crippen molar-refractivity contribution in [1.29, 1.82) is 5.26 Å². The topological polar surface area (TPSA) is 65.4 Å². The lowest BCUT2D eigenvalue weighted by molar-refractivity contribution is 0.0600. The lowest BCUT2D eigenvalue weighted by Crippen LogP contribution is -2.52. The zero-order valence-electron chi connectivity index (χ0n) is 17.9. The van der Waals surface area contributed by atoms with Gasteiger partial charge in [0.2, 0.25) is 0 Å². The average Bonchev–Trinajstić information content (AvgIpc) is 2.70. The first-order valence-corrected chi connectivity index (χ1v) is 9.97. The van der Waals surface area contributed by atoms with Crippen molar-refractivity contribution in [2.45, 2.75) is 40.2 Å². The van der Waals surface area contributed by atoms with E-state index in [1.54, 1.807) is 0 Å². The number of nitrogens with zero attached hydrogens (tertiary/aromatic N) is 2. The highest BCUT2D eigenvalue weighted by atomic mass is 16.5. The highest BCUT2D eigenvalue weighted by Crippen LogP contribution is 2.36. The van der Waals surface area contributed by atoms with Crippen molar-refractivity contribution in [3.8, 4) is 6.07 Å². The van der Waals surface area contributed by atoms with Gasteiger partial charge in [-0.2, -0.15) is 5.26 Å². The van der Waals surface area contributed by atoms with E-state index in [-0.39, 0.29) is 17.4 Å². The fourth-order valence-corrected chi connectivity index (χ4v) is 4.20. The fraction of sp³-hybridized carbons (Fsp3) is 0.417. The standard InChI is InChI=1S/C24H29N3O2/c1-16-12-17(2)20(13-19(16)23(28)29-5)26-22-10-11-27(15-24(22,3)4)21-9-7-6-8-18(21)14-25/h6-9,12-13,22,26H,10-11,15H2,1-5H3. The van der Waals surface area contributed by atoms with Gasteiger partial charge in [-0.05, 0) is 49.6 Å². The molecule has 0 saturated carbocycles. The minimum Gasteiger partial charge on any atom is -0.465 e. The van der Waals surface area contributed by atoms with E-state index in [0.29, 0.717) is 11.1 Å². The van der Waals surface area contributed by atoms with E-state index < -0.39 is 0 Å². The second-order valence-corrected chi connectivity index (χ2v) is 8.50. The summed E-state index contributed by atoms with van der Waals surface area (Å²) in [6, 6.07) is 14.3. The Morgan fingerprint density at radius 2 is 1.97 bits per heavy atom. The maximum atomic E-state index is 12.1. The molecule has 0 bridgehead atoms. The van der Waals surface area contributed by atoms with E-state index >= 15 is 0 Å². The third kappa shape index (κ3) is 4.22. The summed E-state index contributed by atoms with van der Waals surface area (Å²) in [5, 5.41) is 13.1. The van der Waals surface area contributed by atoms with E-state index in [0.717, 1.165) is 42.0 Å². The van der Waals surface area contributed by atoms with Crippen LogP contribution in [0.2, 0.25) is 0 Å². The molecule has 3 rings (SSSR count). The lowest BCUT2D eigenvalue weighted by atomic mass is 9.78. The zero-order chi connectivity index (χ0) is 21.2. The van der Waals surface area contributed by atoms with Gasteiger partial charge in [-0.3, -0.25) is 0 Å². The SMILES string of the molecule is COC(=O)c1cc(NC2CCN(c3ccccc3C#N)CC2(C)C)c(C)cc1C. The van der Waals surface area contributed by atoms with Crippen LogP contribution < -0.4 is 10.2 Å². The molecule has 1 atom stereocenters. The summed E-state index contributed by atoms with van der Waals surface area (Å²) < 4.78 is 4.93. The van der Waals surface area contributed by atoms with E-state index in [2.05, 4.69) is 37.1 Å². The first-order chi connectivity index (χ1) is 13.8. The normalized spacial score (nSPS) is 18.1.